The van der Waals surface area contributed by atoms with E-state index >= 15 is 0 Å². The Bertz CT molecular complexity index is 2570. The lowest BCUT2D eigenvalue weighted by molar-refractivity contribution is -0.121. The number of aromatic nitrogens is 8. The molecule has 65 heavy (non-hydrogen) atoms. The molecule has 24 nitrogen and oxygen atoms in total. The number of carbonyl (C=O) groups is 8. The molecule has 0 saturated heterocycles. The summed E-state index contributed by atoms with van der Waals surface area (Å²) in [6.07, 6.45) is 9.90. The SMILES string of the molecule is CC(C)CCNC(=O)CCNC(=O)c1nc(NC(=O)CCNC(=O)c2cc(NC(=O)c3nc(NC(=O)CCNC(=O)c4cc(NC(=O)c5nccn5C)cn4C)cn3C)cn2C)cn1C. The van der Waals surface area contributed by atoms with E-state index in [1.54, 1.807) is 52.2 Å². The third-order valence-corrected chi connectivity index (χ3v) is 9.67. The van der Waals surface area contributed by atoms with Gasteiger partial charge in [-0.05, 0) is 24.5 Å². The van der Waals surface area contributed by atoms with E-state index < -0.39 is 41.4 Å². The van der Waals surface area contributed by atoms with E-state index in [0.29, 0.717) is 18.2 Å². The Balaban J connectivity index is 1.02. The average Bonchev–Trinajstić information content (AvgIpc) is 4.07. The van der Waals surface area contributed by atoms with Crippen molar-refractivity contribution in [3.8, 4) is 0 Å². The molecule has 0 fully saturated rings. The first-order chi connectivity index (χ1) is 30.9. The van der Waals surface area contributed by atoms with E-state index in [1.807, 2.05) is 0 Å². The number of imidazole rings is 3. The first kappa shape index (κ1) is 48.0. The van der Waals surface area contributed by atoms with Crippen molar-refractivity contribution in [1.82, 2.24) is 59.1 Å². The predicted molar refractivity (Wildman–Crippen MR) is 237 cm³/mol. The first-order valence-electron chi connectivity index (χ1n) is 20.6. The minimum absolute atomic E-state index is 0.0147. The molecule has 0 aliphatic carbocycles. The van der Waals surface area contributed by atoms with E-state index in [9.17, 15) is 38.4 Å². The van der Waals surface area contributed by atoms with Crippen molar-refractivity contribution < 1.29 is 38.4 Å². The van der Waals surface area contributed by atoms with Gasteiger partial charge in [0.2, 0.25) is 29.4 Å². The van der Waals surface area contributed by atoms with Crippen molar-refractivity contribution >= 4 is 70.3 Å². The van der Waals surface area contributed by atoms with Gasteiger partial charge in [0.25, 0.3) is 29.5 Å². The maximum atomic E-state index is 13.2. The standard InChI is InChI=1S/C41H54N16O8/c1-24(2)8-12-42-31(58)9-13-46-39(63)35-51-29(22-56(35)6)49-32(59)10-14-45-38(62)28-19-26(21-55(28)5)48-41(65)36-52-30(23-57(36)7)50-33(60)11-15-44-37(61)27-18-25(20-54(27)4)47-40(64)34-43-16-17-53(34)3/h16-24H,8-15H2,1-7H3,(H,42,58)(H,44,61)(H,45,62)(H,46,63)(H,47,64)(H,48,65)(H,49,59)(H,50,60). The number of aryl methyl sites for hydroxylation is 5. The monoisotopic (exact) mass is 898 g/mol. The van der Waals surface area contributed by atoms with E-state index in [-0.39, 0.29) is 91.0 Å². The maximum absolute atomic E-state index is 13.2. The summed E-state index contributed by atoms with van der Waals surface area (Å²) in [6.45, 7) is 4.76. The van der Waals surface area contributed by atoms with Gasteiger partial charge in [-0.3, -0.25) is 38.4 Å². The quantitative estimate of drug-likeness (QED) is 0.0511. The summed E-state index contributed by atoms with van der Waals surface area (Å²) in [4.78, 5) is 114. The minimum atomic E-state index is -0.623. The van der Waals surface area contributed by atoms with Crippen molar-refractivity contribution in [2.75, 3.05) is 47.4 Å². The lowest BCUT2D eigenvalue weighted by Crippen LogP contribution is -2.32. The third kappa shape index (κ3) is 13.5. The topological polar surface area (TPSA) is 296 Å². The Morgan fingerprint density at radius 2 is 0.938 bits per heavy atom. The molecule has 5 aromatic rings. The highest BCUT2D eigenvalue weighted by molar-refractivity contribution is 6.04. The van der Waals surface area contributed by atoms with Gasteiger partial charge >= 0.3 is 0 Å². The molecule has 5 aromatic heterocycles. The summed E-state index contributed by atoms with van der Waals surface area (Å²) in [7, 11) is 8.09. The van der Waals surface area contributed by atoms with Gasteiger partial charge < -0.3 is 65.4 Å². The second-order valence-corrected chi connectivity index (χ2v) is 15.5. The molecule has 8 amide bonds. The molecule has 0 unspecified atom stereocenters. The highest BCUT2D eigenvalue weighted by Gasteiger charge is 2.21. The number of nitrogens with zero attached hydrogens (tertiary/aromatic N) is 8. The minimum Gasteiger partial charge on any atom is -0.356 e. The van der Waals surface area contributed by atoms with Gasteiger partial charge in [0.1, 0.15) is 11.4 Å². The second-order valence-electron chi connectivity index (χ2n) is 15.5. The van der Waals surface area contributed by atoms with Crippen LogP contribution < -0.4 is 42.5 Å². The summed E-state index contributed by atoms with van der Waals surface area (Å²) in [6, 6.07) is 2.95. The number of carbonyl (C=O) groups excluding carboxylic acids is 8. The fraction of sp³-hybridized carbons (Fsp3) is 0.390. The number of hydrogen-bond donors (Lipinski definition) is 8. The van der Waals surface area contributed by atoms with Gasteiger partial charge in [-0.15, -0.1) is 0 Å². The lowest BCUT2D eigenvalue weighted by atomic mass is 10.1. The van der Waals surface area contributed by atoms with Crippen LogP contribution in [-0.4, -0.2) is 111 Å². The number of anilines is 4. The zero-order chi connectivity index (χ0) is 47.4. The van der Waals surface area contributed by atoms with Crippen LogP contribution in [0.4, 0.5) is 23.0 Å². The maximum Gasteiger partial charge on any atom is 0.291 e. The average molecular weight is 899 g/mol. The van der Waals surface area contributed by atoms with Gasteiger partial charge in [-0.25, -0.2) is 15.0 Å². The smallest absolute Gasteiger partial charge is 0.291 e. The van der Waals surface area contributed by atoms with E-state index in [1.165, 1.54) is 55.2 Å². The van der Waals surface area contributed by atoms with Crippen LogP contribution in [-0.2, 0) is 49.6 Å². The van der Waals surface area contributed by atoms with E-state index in [4.69, 9.17) is 0 Å². The summed E-state index contributed by atoms with van der Waals surface area (Å²) in [5.41, 5.74) is 1.12. The molecule has 0 aliphatic heterocycles. The summed E-state index contributed by atoms with van der Waals surface area (Å²) in [5, 5.41) is 21.4. The Hall–Kier alpha value is -8.05. The molecule has 0 spiro atoms. The summed E-state index contributed by atoms with van der Waals surface area (Å²) < 4.78 is 7.44. The zero-order valence-corrected chi connectivity index (χ0v) is 37.2. The van der Waals surface area contributed by atoms with Crippen LogP contribution in [0, 0.1) is 5.92 Å². The van der Waals surface area contributed by atoms with Crippen LogP contribution in [0.1, 0.15) is 92.4 Å². The first-order valence-corrected chi connectivity index (χ1v) is 20.6. The summed E-state index contributed by atoms with van der Waals surface area (Å²) in [5.74, 6) is -2.75. The molecule has 0 aromatic carbocycles. The van der Waals surface area contributed by atoms with Crippen molar-refractivity contribution in [2.24, 2.45) is 41.2 Å². The molecular formula is C41H54N16O8. The Labute approximate surface area is 373 Å². The van der Waals surface area contributed by atoms with Gasteiger partial charge in [-0.2, -0.15) is 0 Å². The number of rotatable bonds is 21. The van der Waals surface area contributed by atoms with E-state index in [0.717, 1.165) is 6.42 Å². The van der Waals surface area contributed by atoms with Crippen molar-refractivity contribution in [1.29, 1.82) is 0 Å². The van der Waals surface area contributed by atoms with Crippen LogP contribution in [0.3, 0.4) is 0 Å². The third-order valence-electron chi connectivity index (χ3n) is 9.67. The number of amides is 8. The Kier molecular flexibility index (Phi) is 16.1. The van der Waals surface area contributed by atoms with Crippen LogP contribution >= 0.6 is 0 Å². The highest BCUT2D eigenvalue weighted by Crippen LogP contribution is 2.17. The molecule has 8 N–H and O–H groups in total. The van der Waals surface area contributed by atoms with Crippen LogP contribution in [0.25, 0.3) is 0 Å². The van der Waals surface area contributed by atoms with Crippen LogP contribution in [0.5, 0.6) is 0 Å². The van der Waals surface area contributed by atoms with E-state index in [2.05, 4.69) is 71.3 Å². The molecule has 0 saturated carbocycles. The molecule has 0 aliphatic rings. The van der Waals surface area contributed by atoms with Gasteiger partial charge in [0.05, 0.1) is 11.4 Å². The van der Waals surface area contributed by atoms with Crippen LogP contribution in [0.15, 0.2) is 49.3 Å². The fourth-order valence-corrected chi connectivity index (χ4v) is 6.28. The van der Waals surface area contributed by atoms with Crippen molar-refractivity contribution in [3.05, 3.63) is 78.2 Å². The summed E-state index contributed by atoms with van der Waals surface area (Å²) >= 11 is 0. The van der Waals surface area contributed by atoms with Gasteiger partial charge in [0, 0.05) is 118 Å². The zero-order valence-electron chi connectivity index (χ0n) is 37.2. The predicted octanol–water partition coefficient (Wildman–Crippen LogP) is 0.868. The Morgan fingerprint density at radius 3 is 1.40 bits per heavy atom. The second kappa shape index (κ2) is 21.8. The highest BCUT2D eigenvalue weighted by atomic mass is 16.2. The molecule has 346 valence electrons. The molecule has 5 heterocycles. The van der Waals surface area contributed by atoms with Crippen molar-refractivity contribution in [2.45, 2.75) is 39.5 Å². The lowest BCUT2D eigenvalue weighted by Gasteiger charge is -2.08. The molecular weight excluding hydrogens is 845 g/mol. The van der Waals surface area contributed by atoms with Gasteiger partial charge in [-0.1, -0.05) is 13.8 Å². The van der Waals surface area contributed by atoms with Crippen molar-refractivity contribution in [3.63, 3.8) is 0 Å². The number of hydrogen-bond acceptors (Lipinski definition) is 11. The fourth-order valence-electron chi connectivity index (χ4n) is 6.28. The number of nitrogens with one attached hydrogen (secondary N) is 8. The van der Waals surface area contributed by atoms with Gasteiger partial charge in [0.15, 0.2) is 17.5 Å². The molecule has 24 heteroatoms. The largest absolute Gasteiger partial charge is 0.356 e. The molecule has 0 radical (unpaired) electrons. The molecule has 0 bridgehead atoms. The Morgan fingerprint density at radius 1 is 0.492 bits per heavy atom. The molecule has 0 atom stereocenters. The molecule has 5 rings (SSSR count). The normalized spacial score (nSPS) is 10.9. The van der Waals surface area contributed by atoms with Crippen LogP contribution in [0.2, 0.25) is 0 Å².